The maximum Gasteiger partial charge on any atom is 0.140 e. The van der Waals surface area contributed by atoms with Gasteiger partial charge < -0.3 is 9.67 Å². The van der Waals surface area contributed by atoms with Crippen LogP contribution in [0.1, 0.15) is 46.4 Å². The van der Waals surface area contributed by atoms with E-state index in [4.69, 9.17) is 0 Å². The third kappa shape index (κ3) is 3.06. The second kappa shape index (κ2) is 4.79. The van der Waals surface area contributed by atoms with Crippen molar-refractivity contribution in [2.45, 2.75) is 52.7 Å². The predicted octanol–water partition coefficient (Wildman–Crippen LogP) is 2.55. The van der Waals surface area contributed by atoms with Gasteiger partial charge in [-0.2, -0.15) is 0 Å². The highest BCUT2D eigenvalue weighted by Crippen LogP contribution is 2.26. The highest BCUT2D eigenvalue weighted by atomic mass is 16.3. The number of hydrogen-bond acceptors (Lipinski definition) is 2. The first-order chi connectivity index (χ1) is 6.97. The summed E-state index contributed by atoms with van der Waals surface area (Å²) in [6.45, 7) is 9.12. The number of aromatic nitrogens is 2. The average Bonchev–Trinajstić information content (AvgIpc) is 2.51. The van der Waals surface area contributed by atoms with E-state index in [1.165, 1.54) is 0 Å². The van der Waals surface area contributed by atoms with Crippen molar-refractivity contribution in [3.05, 3.63) is 18.2 Å². The molecule has 1 atom stereocenters. The van der Waals surface area contributed by atoms with E-state index in [0.29, 0.717) is 5.92 Å². The third-order valence-electron chi connectivity index (χ3n) is 2.47. The molecule has 1 unspecified atom stereocenters. The summed E-state index contributed by atoms with van der Waals surface area (Å²) in [4.78, 5) is 4.27. The van der Waals surface area contributed by atoms with E-state index >= 15 is 0 Å². The first kappa shape index (κ1) is 12.2. The molecular weight excluding hydrogens is 188 g/mol. The second-order valence-electron chi connectivity index (χ2n) is 4.82. The average molecular weight is 210 g/mol. The van der Waals surface area contributed by atoms with E-state index in [0.717, 1.165) is 25.2 Å². The zero-order valence-corrected chi connectivity index (χ0v) is 10.2. The Morgan fingerprint density at radius 2 is 2.20 bits per heavy atom. The van der Waals surface area contributed by atoms with Gasteiger partial charge in [0.1, 0.15) is 11.4 Å². The fraction of sp³-hybridized carbons (Fsp3) is 0.750. The van der Waals surface area contributed by atoms with Gasteiger partial charge in [-0.15, -0.1) is 0 Å². The second-order valence-corrected chi connectivity index (χ2v) is 4.82. The van der Waals surface area contributed by atoms with Crippen molar-refractivity contribution in [1.29, 1.82) is 0 Å². The summed E-state index contributed by atoms with van der Waals surface area (Å²) in [6, 6.07) is 0. The summed E-state index contributed by atoms with van der Waals surface area (Å²) in [7, 11) is 0. The van der Waals surface area contributed by atoms with Crippen LogP contribution in [-0.2, 0) is 12.1 Å². The molecule has 86 valence electrons. The topological polar surface area (TPSA) is 38.0 Å². The SMILES string of the molecule is CCCn1ccnc1C(C)(O)CC(C)C. The van der Waals surface area contributed by atoms with Crippen molar-refractivity contribution in [3.63, 3.8) is 0 Å². The largest absolute Gasteiger partial charge is 0.382 e. The minimum absolute atomic E-state index is 0.465. The molecule has 0 radical (unpaired) electrons. The van der Waals surface area contributed by atoms with Crippen LogP contribution in [0.4, 0.5) is 0 Å². The van der Waals surface area contributed by atoms with Crippen LogP contribution >= 0.6 is 0 Å². The molecule has 0 aliphatic carbocycles. The number of rotatable bonds is 5. The number of imidazole rings is 1. The molecule has 0 bridgehead atoms. The quantitative estimate of drug-likeness (QED) is 0.811. The van der Waals surface area contributed by atoms with Crippen molar-refractivity contribution in [1.82, 2.24) is 9.55 Å². The van der Waals surface area contributed by atoms with Gasteiger partial charge in [-0.25, -0.2) is 4.98 Å². The molecule has 1 rings (SSSR count). The van der Waals surface area contributed by atoms with Crippen molar-refractivity contribution < 1.29 is 5.11 Å². The summed E-state index contributed by atoms with van der Waals surface area (Å²) >= 11 is 0. The van der Waals surface area contributed by atoms with E-state index < -0.39 is 5.60 Å². The van der Waals surface area contributed by atoms with Crippen molar-refractivity contribution in [2.24, 2.45) is 5.92 Å². The molecule has 0 aliphatic heterocycles. The zero-order chi connectivity index (χ0) is 11.5. The molecule has 3 nitrogen and oxygen atoms in total. The van der Waals surface area contributed by atoms with Gasteiger partial charge in [0.2, 0.25) is 0 Å². The fourth-order valence-electron chi connectivity index (χ4n) is 2.09. The molecule has 0 saturated carbocycles. The van der Waals surface area contributed by atoms with Gasteiger partial charge in [0.05, 0.1) is 0 Å². The summed E-state index contributed by atoms with van der Waals surface area (Å²) in [5.74, 6) is 1.25. The van der Waals surface area contributed by atoms with Gasteiger partial charge in [0.25, 0.3) is 0 Å². The standard InChI is InChI=1S/C12H22N2O/c1-5-7-14-8-6-13-11(14)12(4,15)9-10(2)3/h6,8,10,15H,5,7,9H2,1-4H3. The fourth-order valence-corrected chi connectivity index (χ4v) is 2.09. The highest BCUT2D eigenvalue weighted by molar-refractivity contribution is 5.03. The molecule has 0 saturated heterocycles. The van der Waals surface area contributed by atoms with E-state index in [1.807, 2.05) is 17.7 Å². The van der Waals surface area contributed by atoms with Gasteiger partial charge in [-0.1, -0.05) is 20.8 Å². The number of aliphatic hydroxyl groups is 1. The maximum absolute atomic E-state index is 10.4. The monoisotopic (exact) mass is 210 g/mol. The number of nitrogens with zero attached hydrogens (tertiary/aromatic N) is 2. The van der Waals surface area contributed by atoms with Crippen LogP contribution in [0.3, 0.4) is 0 Å². The number of aryl methyl sites for hydroxylation is 1. The Morgan fingerprint density at radius 3 is 2.73 bits per heavy atom. The Morgan fingerprint density at radius 1 is 1.53 bits per heavy atom. The third-order valence-corrected chi connectivity index (χ3v) is 2.47. The molecule has 1 N–H and O–H groups in total. The lowest BCUT2D eigenvalue weighted by Crippen LogP contribution is -2.28. The first-order valence-electron chi connectivity index (χ1n) is 5.71. The van der Waals surface area contributed by atoms with E-state index in [-0.39, 0.29) is 0 Å². The Labute approximate surface area is 92.1 Å². The van der Waals surface area contributed by atoms with E-state index in [2.05, 4.69) is 25.8 Å². The molecule has 0 amide bonds. The van der Waals surface area contributed by atoms with Crippen LogP contribution in [-0.4, -0.2) is 14.7 Å². The highest BCUT2D eigenvalue weighted by Gasteiger charge is 2.28. The Bertz CT molecular complexity index is 302. The Kier molecular flexibility index (Phi) is 3.91. The predicted molar refractivity (Wildman–Crippen MR) is 61.5 cm³/mol. The van der Waals surface area contributed by atoms with Crippen LogP contribution in [0.25, 0.3) is 0 Å². The van der Waals surface area contributed by atoms with Gasteiger partial charge in [0.15, 0.2) is 0 Å². The lowest BCUT2D eigenvalue weighted by atomic mass is 9.93. The van der Waals surface area contributed by atoms with Gasteiger partial charge in [0, 0.05) is 18.9 Å². The molecule has 1 aromatic rings. The zero-order valence-electron chi connectivity index (χ0n) is 10.2. The molecule has 0 aromatic carbocycles. The molecule has 0 spiro atoms. The van der Waals surface area contributed by atoms with Crippen molar-refractivity contribution in [3.8, 4) is 0 Å². The van der Waals surface area contributed by atoms with Crippen molar-refractivity contribution >= 4 is 0 Å². The summed E-state index contributed by atoms with van der Waals surface area (Å²) in [5.41, 5.74) is -0.813. The van der Waals surface area contributed by atoms with E-state index in [9.17, 15) is 5.11 Å². The molecule has 1 aromatic heterocycles. The van der Waals surface area contributed by atoms with E-state index in [1.54, 1.807) is 6.20 Å². The molecule has 0 fully saturated rings. The van der Waals surface area contributed by atoms with Crippen LogP contribution in [0.5, 0.6) is 0 Å². The maximum atomic E-state index is 10.4. The van der Waals surface area contributed by atoms with Gasteiger partial charge >= 0.3 is 0 Å². The van der Waals surface area contributed by atoms with Crippen LogP contribution < -0.4 is 0 Å². The molecule has 15 heavy (non-hydrogen) atoms. The minimum atomic E-state index is -0.813. The van der Waals surface area contributed by atoms with Gasteiger partial charge in [-0.3, -0.25) is 0 Å². The van der Waals surface area contributed by atoms with Crippen LogP contribution in [0, 0.1) is 5.92 Å². The molecule has 1 heterocycles. The number of hydrogen-bond donors (Lipinski definition) is 1. The van der Waals surface area contributed by atoms with Crippen molar-refractivity contribution in [2.75, 3.05) is 0 Å². The van der Waals surface area contributed by atoms with Gasteiger partial charge in [-0.05, 0) is 25.7 Å². The minimum Gasteiger partial charge on any atom is -0.382 e. The lowest BCUT2D eigenvalue weighted by Gasteiger charge is -2.25. The first-order valence-corrected chi connectivity index (χ1v) is 5.71. The Hall–Kier alpha value is -0.830. The lowest BCUT2D eigenvalue weighted by molar-refractivity contribution is 0.0225. The summed E-state index contributed by atoms with van der Waals surface area (Å²) in [6.07, 6.45) is 5.50. The summed E-state index contributed by atoms with van der Waals surface area (Å²) < 4.78 is 2.04. The van der Waals surface area contributed by atoms with Crippen LogP contribution in [0.2, 0.25) is 0 Å². The molecular formula is C12H22N2O. The van der Waals surface area contributed by atoms with Crippen LogP contribution in [0.15, 0.2) is 12.4 Å². The molecule has 3 heteroatoms. The summed E-state index contributed by atoms with van der Waals surface area (Å²) in [5, 5.41) is 10.4. The normalized spacial score (nSPS) is 15.6. The Balaban J connectivity index is 2.88. The molecule has 0 aliphatic rings. The smallest absolute Gasteiger partial charge is 0.140 e.